The zero-order chi connectivity index (χ0) is 13.7. The van der Waals surface area contributed by atoms with Crippen molar-refractivity contribution < 1.29 is 4.74 Å². The third-order valence-electron chi connectivity index (χ3n) is 3.29. The number of hydrogen-bond donors (Lipinski definition) is 1. The van der Waals surface area contributed by atoms with E-state index in [1.807, 2.05) is 17.9 Å². The van der Waals surface area contributed by atoms with Crippen molar-refractivity contribution in [2.24, 2.45) is 7.05 Å². The topological polar surface area (TPSA) is 39.1 Å². The number of rotatable bonds is 6. The van der Waals surface area contributed by atoms with Crippen molar-refractivity contribution in [1.29, 1.82) is 0 Å². The Morgan fingerprint density at radius 3 is 3.05 bits per heavy atom. The molecule has 1 aliphatic heterocycles. The van der Waals surface area contributed by atoms with Crippen LogP contribution in [0.4, 0.5) is 0 Å². The summed E-state index contributed by atoms with van der Waals surface area (Å²) in [7, 11) is 3.72. The number of thioether (sulfide) groups is 2. The van der Waals surface area contributed by atoms with E-state index in [-0.39, 0.29) is 0 Å². The van der Waals surface area contributed by atoms with Gasteiger partial charge in [-0.05, 0) is 13.0 Å². The van der Waals surface area contributed by atoms with Crippen LogP contribution >= 0.6 is 23.5 Å². The lowest BCUT2D eigenvalue weighted by Crippen LogP contribution is -2.35. The molecule has 19 heavy (non-hydrogen) atoms. The molecule has 0 saturated carbocycles. The van der Waals surface area contributed by atoms with Crippen molar-refractivity contribution in [2.75, 3.05) is 30.9 Å². The number of methoxy groups -OCH3 is 1. The molecule has 1 aromatic heterocycles. The Hall–Kier alpha value is -0.330. The maximum absolute atomic E-state index is 5.48. The summed E-state index contributed by atoms with van der Waals surface area (Å²) < 4.78 is 7.43. The third kappa shape index (κ3) is 3.61. The van der Waals surface area contributed by atoms with Crippen LogP contribution in [0.15, 0.2) is 6.20 Å². The molecule has 0 aliphatic carbocycles. The van der Waals surface area contributed by atoms with Gasteiger partial charge in [-0.2, -0.15) is 28.6 Å². The van der Waals surface area contributed by atoms with Crippen LogP contribution in [0, 0.1) is 0 Å². The highest BCUT2D eigenvalue weighted by Gasteiger charge is 2.30. The molecule has 0 amide bonds. The molecule has 6 heteroatoms. The second-order valence-corrected chi connectivity index (χ2v) is 7.13. The highest BCUT2D eigenvalue weighted by Crippen LogP contribution is 2.36. The lowest BCUT2D eigenvalue weighted by molar-refractivity contribution is 0.393. The highest BCUT2D eigenvalue weighted by atomic mass is 32.2. The zero-order valence-electron chi connectivity index (χ0n) is 11.9. The summed E-state index contributed by atoms with van der Waals surface area (Å²) in [6.07, 6.45) is 2.96. The van der Waals surface area contributed by atoms with Crippen LogP contribution in [0.3, 0.4) is 0 Å². The van der Waals surface area contributed by atoms with Crippen molar-refractivity contribution in [2.45, 2.75) is 24.6 Å². The van der Waals surface area contributed by atoms with Gasteiger partial charge in [0, 0.05) is 29.6 Å². The summed E-state index contributed by atoms with van der Waals surface area (Å²) in [5.74, 6) is 4.59. The summed E-state index contributed by atoms with van der Waals surface area (Å²) in [6, 6.07) is 0.320. The first kappa shape index (κ1) is 15.1. The van der Waals surface area contributed by atoms with Gasteiger partial charge in [-0.15, -0.1) is 0 Å². The van der Waals surface area contributed by atoms with E-state index in [1.165, 1.54) is 23.0 Å². The van der Waals surface area contributed by atoms with E-state index in [1.54, 1.807) is 7.11 Å². The summed E-state index contributed by atoms with van der Waals surface area (Å²) >= 11 is 4.12. The average Bonchev–Trinajstić information content (AvgIpc) is 2.82. The van der Waals surface area contributed by atoms with Gasteiger partial charge in [-0.25, -0.2) is 0 Å². The van der Waals surface area contributed by atoms with Crippen LogP contribution in [0.2, 0.25) is 0 Å². The molecule has 4 nitrogen and oxygen atoms in total. The SMILES string of the molecule is CCCNC(c1c(OC)cnn1C)C1CSCCS1. The molecule has 2 unspecified atom stereocenters. The minimum absolute atomic E-state index is 0.320. The Balaban J connectivity index is 2.22. The maximum atomic E-state index is 5.48. The summed E-state index contributed by atoms with van der Waals surface area (Å²) in [6.45, 7) is 3.23. The van der Waals surface area contributed by atoms with Gasteiger partial charge in [0.1, 0.15) is 0 Å². The molecule has 2 rings (SSSR count). The van der Waals surface area contributed by atoms with Gasteiger partial charge in [-0.3, -0.25) is 4.68 Å². The Bertz CT molecular complexity index is 391. The van der Waals surface area contributed by atoms with E-state index < -0.39 is 0 Å². The molecule has 1 N–H and O–H groups in total. The van der Waals surface area contributed by atoms with Crippen molar-refractivity contribution in [3.05, 3.63) is 11.9 Å². The Kier molecular flexibility index (Phi) is 5.91. The van der Waals surface area contributed by atoms with E-state index in [2.05, 4.69) is 40.9 Å². The molecule has 0 aromatic carbocycles. The van der Waals surface area contributed by atoms with Gasteiger partial charge < -0.3 is 10.1 Å². The number of hydrogen-bond acceptors (Lipinski definition) is 5. The van der Waals surface area contributed by atoms with E-state index in [0.29, 0.717) is 11.3 Å². The molecule has 0 spiro atoms. The fourth-order valence-electron chi connectivity index (χ4n) is 2.34. The quantitative estimate of drug-likeness (QED) is 0.873. The van der Waals surface area contributed by atoms with Crippen molar-refractivity contribution in [3.8, 4) is 5.75 Å². The highest BCUT2D eigenvalue weighted by molar-refractivity contribution is 8.06. The molecule has 2 atom stereocenters. The second kappa shape index (κ2) is 7.45. The normalized spacial score (nSPS) is 21.3. The van der Waals surface area contributed by atoms with Gasteiger partial charge in [0.2, 0.25) is 0 Å². The zero-order valence-corrected chi connectivity index (χ0v) is 13.5. The van der Waals surface area contributed by atoms with Crippen LogP contribution in [0.25, 0.3) is 0 Å². The second-order valence-electron chi connectivity index (χ2n) is 4.64. The number of ether oxygens (including phenoxy) is 1. The summed E-state index contributed by atoms with van der Waals surface area (Å²) in [5.41, 5.74) is 1.18. The molecule has 0 radical (unpaired) electrons. The third-order valence-corrected chi connectivity index (χ3v) is 6.16. The Labute approximate surface area is 124 Å². The minimum atomic E-state index is 0.320. The Morgan fingerprint density at radius 1 is 1.58 bits per heavy atom. The van der Waals surface area contributed by atoms with E-state index >= 15 is 0 Å². The molecular weight excluding hydrogens is 278 g/mol. The summed E-state index contributed by atoms with van der Waals surface area (Å²) in [4.78, 5) is 0. The first-order chi connectivity index (χ1) is 9.27. The fourth-order valence-corrected chi connectivity index (χ4v) is 5.18. The standard InChI is InChI=1S/C13H23N3OS2/c1-4-5-14-12(11-9-18-6-7-19-11)13-10(17-3)8-15-16(13)2/h8,11-12,14H,4-7,9H2,1-3H3. The Morgan fingerprint density at radius 2 is 2.42 bits per heavy atom. The molecule has 1 aliphatic rings. The smallest absolute Gasteiger partial charge is 0.161 e. The van der Waals surface area contributed by atoms with Crippen molar-refractivity contribution in [1.82, 2.24) is 15.1 Å². The van der Waals surface area contributed by atoms with Gasteiger partial charge in [0.15, 0.2) is 5.75 Å². The largest absolute Gasteiger partial charge is 0.493 e. The van der Waals surface area contributed by atoms with Gasteiger partial charge in [0.25, 0.3) is 0 Å². The first-order valence-corrected chi connectivity index (χ1v) is 8.96. The molecule has 0 bridgehead atoms. The van der Waals surface area contributed by atoms with Crippen LogP contribution in [0.5, 0.6) is 5.75 Å². The monoisotopic (exact) mass is 301 g/mol. The van der Waals surface area contributed by atoms with Crippen LogP contribution < -0.4 is 10.1 Å². The molecular formula is C13H23N3OS2. The van der Waals surface area contributed by atoms with E-state index in [9.17, 15) is 0 Å². The van der Waals surface area contributed by atoms with E-state index in [4.69, 9.17) is 4.74 Å². The van der Waals surface area contributed by atoms with Crippen LogP contribution in [-0.2, 0) is 7.05 Å². The van der Waals surface area contributed by atoms with Crippen LogP contribution in [0.1, 0.15) is 25.1 Å². The minimum Gasteiger partial charge on any atom is -0.493 e. The fraction of sp³-hybridized carbons (Fsp3) is 0.769. The molecule has 1 saturated heterocycles. The van der Waals surface area contributed by atoms with Crippen molar-refractivity contribution >= 4 is 23.5 Å². The van der Waals surface area contributed by atoms with E-state index in [0.717, 1.165) is 18.7 Å². The lowest BCUT2D eigenvalue weighted by atomic mass is 10.1. The number of aromatic nitrogens is 2. The van der Waals surface area contributed by atoms with Crippen LogP contribution in [-0.4, -0.2) is 45.9 Å². The molecule has 2 heterocycles. The predicted molar refractivity (Wildman–Crippen MR) is 84.4 cm³/mol. The molecule has 108 valence electrons. The molecule has 1 aromatic rings. The first-order valence-electron chi connectivity index (χ1n) is 6.76. The number of aryl methyl sites for hydroxylation is 1. The number of nitrogens with zero attached hydrogens (tertiary/aromatic N) is 2. The average molecular weight is 301 g/mol. The molecule has 1 fully saturated rings. The lowest BCUT2D eigenvalue weighted by Gasteiger charge is -2.30. The predicted octanol–water partition coefficient (Wildman–Crippen LogP) is 2.32. The van der Waals surface area contributed by atoms with Crippen molar-refractivity contribution in [3.63, 3.8) is 0 Å². The van der Waals surface area contributed by atoms with Gasteiger partial charge in [0.05, 0.1) is 25.0 Å². The number of nitrogens with one attached hydrogen (secondary N) is 1. The summed E-state index contributed by atoms with van der Waals surface area (Å²) in [5, 5.41) is 8.62. The maximum Gasteiger partial charge on any atom is 0.161 e. The van der Waals surface area contributed by atoms with Gasteiger partial charge >= 0.3 is 0 Å². The van der Waals surface area contributed by atoms with Gasteiger partial charge in [-0.1, -0.05) is 6.92 Å².